The molecule has 0 unspecified atom stereocenters. The van der Waals surface area contributed by atoms with Crippen molar-refractivity contribution in [3.8, 4) is 5.88 Å². The highest BCUT2D eigenvalue weighted by Crippen LogP contribution is 2.22. The molecule has 2 aromatic rings. The number of aromatic nitrogens is 2. The minimum absolute atomic E-state index is 0.182. The molecule has 1 fully saturated rings. The smallest absolute Gasteiger partial charge is 0.250 e. The Morgan fingerprint density at radius 1 is 1.19 bits per heavy atom. The number of nitrogens with one attached hydrogen (secondary N) is 1. The fourth-order valence-electron chi connectivity index (χ4n) is 2.84. The third-order valence-corrected chi connectivity index (χ3v) is 7.06. The molecule has 1 saturated heterocycles. The van der Waals surface area contributed by atoms with Crippen LogP contribution in [0.15, 0.2) is 22.4 Å². The van der Waals surface area contributed by atoms with Crippen molar-refractivity contribution in [2.24, 2.45) is 0 Å². The van der Waals surface area contributed by atoms with E-state index in [0.717, 1.165) is 23.8 Å². The first-order valence-electron chi connectivity index (χ1n) is 8.73. The zero-order valence-electron chi connectivity index (χ0n) is 15.1. The predicted octanol–water partition coefficient (Wildman–Crippen LogP) is 2.50. The SMILES string of the molecule is Cc1nc(OCCNS(=O)(=O)c2ccc(C)s2)cc(N2CCCCC2)n1. The summed E-state index contributed by atoms with van der Waals surface area (Å²) in [4.78, 5) is 12.0. The summed E-state index contributed by atoms with van der Waals surface area (Å²) in [6.45, 7) is 6.10. The number of thiophene rings is 1. The predicted molar refractivity (Wildman–Crippen MR) is 103 cm³/mol. The quantitative estimate of drug-likeness (QED) is 0.724. The number of rotatable bonds is 7. The molecule has 3 heterocycles. The Bertz CT molecular complexity index is 845. The molecule has 142 valence electrons. The molecule has 9 heteroatoms. The maximum absolute atomic E-state index is 12.2. The van der Waals surface area contributed by atoms with Crippen LogP contribution in [0.5, 0.6) is 5.88 Å². The molecule has 1 aliphatic heterocycles. The molecule has 7 nitrogen and oxygen atoms in total. The standard InChI is InChI=1S/C17H24N4O3S2/c1-13-6-7-17(25-13)26(22,23)18-8-11-24-16-12-15(19-14(2)20-16)21-9-4-3-5-10-21/h6-7,12,18H,3-5,8-11H2,1-2H3. The first kappa shape index (κ1) is 19.1. The van der Waals surface area contributed by atoms with Gasteiger partial charge in [-0.15, -0.1) is 11.3 Å². The van der Waals surface area contributed by atoms with Crippen LogP contribution in [0.1, 0.15) is 30.0 Å². The Balaban J connectivity index is 1.55. The summed E-state index contributed by atoms with van der Waals surface area (Å²) in [5, 5.41) is 0. The number of nitrogens with zero attached hydrogens (tertiary/aromatic N) is 3. The van der Waals surface area contributed by atoms with Crippen LogP contribution in [0, 0.1) is 13.8 Å². The summed E-state index contributed by atoms with van der Waals surface area (Å²) < 4.78 is 32.9. The normalized spacial score (nSPS) is 15.2. The topological polar surface area (TPSA) is 84.4 Å². The Labute approximate surface area is 158 Å². The van der Waals surface area contributed by atoms with E-state index >= 15 is 0 Å². The molecule has 0 spiro atoms. The van der Waals surface area contributed by atoms with Crippen LogP contribution in [0.25, 0.3) is 0 Å². The van der Waals surface area contributed by atoms with Gasteiger partial charge < -0.3 is 9.64 Å². The Morgan fingerprint density at radius 2 is 1.96 bits per heavy atom. The Kier molecular flexibility index (Phi) is 6.10. The van der Waals surface area contributed by atoms with Gasteiger partial charge in [-0.05, 0) is 45.2 Å². The number of ether oxygens (including phenoxy) is 1. The molecule has 2 aromatic heterocycles. The molecule has 0 saturated carbocycles. The number of sulfonamides is 1. The average molecular weight is 397 g/mol. The van der Waals surface area contributed by atoms with Crippen molar-refractivity contribution in [3.05, 3.63) is 28.9 Å². The molecule has 0 aliphatic carbocycles. The van der Waals surface area contributed by atoms with Gasteiger partial charge in [-0.25, -0.2) is 18.1 Å². The van der Waals surface area contributed by atoms with Gasteiger partial charge in [0, 0.05) is 30.6 Å². The molecule has 0 bridgehead atoms. The lowest BCUT2D eigenvalue weighted by atomic mass is 10.1. The number of hydrogen-bond acceptors (Lipinski definition) is 7. The van der Waals surface area contributed by atoms with Gasteiger partial charge >= 0.3 is 0 Å². The molecular weight excluding hydrogens is 372 g/mol. The van der Waals surface area contributed by atoms with Crippen molar-refractivity contribution in [1.82, 2.24) is 14.7 Å². The van der Waals surface area contributed by atoms with Gasteiger partial charge in [-0.1, -0.05) is 0 Å². The molecular formula is C17H24N4O3S2. The van der Waals surface area contributed by atoms with Gasteiger partial charge in [0.25, 0.3) is 0 Å². The number of aryl methyl sites for hydroxylation is 2. The second kappa shape index (κ2) is 8.32. The summed E-state index contributed by atoms with van der Waals surface area (Å²) >= 11 is 1.25. The molecule has 1 N–H and O–H groups in total. The molecule has 1 aliphatic rings. The fraction of sp³-hybridized carbons (Fsp3) is 0.529. The lowest BCUT2D eigenvalue weighted by molar-refractivity contribution is 0.309. The van der Waals surface area contributed by atoms with Crippen LogP contribution < -0.4 is 14.4 Å². The molecule has 0 radical (unpaired) electrons. The van der Waals surface area contributed by atoms with Gasteiger partial charge in [-0.3, -0.25) is 0 Å². The summed E-state index contributed by atoms with van der Waals surface area (Å²) in [5.41, 5.74) is 0. The number of hydrogen-bond donors (Lipinski definition) is 1. The second-order valence-corrected chi connectivity index (χ2v) is 9.55. The second-order valence-electron chi connectivity index (χ2n) is 6.27. The summed E-state index contributed by atoms with van der Waals surface area (Å²) in [7, 11) is -3.48. The molecule has 0 amide bonds. The minimum atomic E-state index is -3.48. The summed E-state index contributed by atoms with van der Waals surface area (Å²) in [6, 6.07) is 5.23. The first-order valence-corrected chi connectivity index (χ1v) is 11.0. The number of piperidine rings is 1. The third-order valence-electron chi connectivity index (χ3n) is 4.11. The van der Waals surface area contributed by atoms with E-state index in [9.17, 15) is 8.42 Å². The number of anilines is 1. The van der Waals surface area contributed by atoms with Gasteiger partial charge in [0.2, 0.25) is 15.9 Å². The van der Waals surface area contributed by atoms with Gasteiger partial charge in [0.1, 0.15) is 22.5 Å². The van der Waals surface area contributed by atoms with Crippen LogP contribution in [-0.4, -0.2) is 44.6 Å². The van der Waals surface area contributed by atoms with Crippen molar-refractivity contribution in [3.63, 3.8) is 0 Å². The Hall–Kier alpha value is -1.71. The Morgan fingerprint density at radius 3 is 2.65 bits per heavy atom. The van der Waals surface area contributed by atoms with Crippen LogP contribution in [0.3, 0.4) is 0 Å². The monoisotopic (exact) mass is 396 g/mol. The van der Waals surface area contributed by atoms with E-state index in [-0.39, 0.29) is 13.2 Å². The fourth-order valence-corrected chi connectivity index (χ4v) is 5.18. The first-order chi connectivity index (χ1) is 12.4. The third kappa shape index (κ3) is 4.93. The van der Waals surface area contributed by atoms with E-state index in [1.54, 1.807) is 12.1 Å². The molecule has 0 aromatic carbocycles. The summed E-state index contributed by atoms with van der Waals surface area (Å²) in [5.74, 6) is 2.00. The van der Waals surface area contributed by atoms with Crippen molar-refractivity contribution in [1.29, 1.82) is 0 Å². The van der Waals surface area contributed by atoms with E-state index in [0.29, 0.717) is 15.9 Å². The highest BCUT2D eigenvalue weighted by Gasteiger charge is 2.16. The van der Waals surface area contributed by atoms with E-state index in [1.165, 1.54) is 30.6 Å². The lowest BCUT2D eigenvalue weighted by Crippen LogP contribution is -2.30. The van der Waals surface area contributed by atoms with Crippen LogP contribution in [-0.2, 0) is 10.0 Å². The van der Waals surface area contributed by atoms with Crippen LogP contribution >= 0.6 is 11.3 Å². The molecule has 26 heavy (non-hydrogen) atoms. The highest BCUT2D eigenvalue weighted by atomic mass is 32.2. The van der Waals surface area contributed by atoms with Crippen molar-refractivity contribution >= 4 is 27.2 Å². The van der Waals surface area contributed by atoms with Crippen molar-refractivity contribution in [2.75, 3.05) is 31.1 Å². The zero-order valence-corrected chi connectivity index (χ0v) is 16.7. The van der Waals surface area contributed by atoms with Crippen LogP contribution in [0.4, 0.5) is 5.82 Å². The van der Waals surface area contributed by atoms with E-state index in [4.69, 9.17) is 4.74 Å². The van der Waals surface area contributed by atoms with Crippen molar-refractivity contribution < 1.29 is 13.2 Å². The average Bonchev–Trinajstić information content (AvgIpc) is 3.07. The van der Waals surface area contributed by atoms with E-state index in [1.807, 2.05) is 19.9 Å². The minimum Gasteiger partial charge on any atom is -0.476 e. The zero-order chi connectivity index (χ0) is 18.6. The summed E-state index contributed by atoms with van der Waals surface area (Å²) in [6.07, 6.45) is 3.60. The van der Waals surface area contributed by atoms with Gasteiger partial charge in [-0.2, -0.15) is 4.98 Å². The maximum atomic E-state index is 12.2. The van der Waals surface area contributed by atoms with Crippen LogP contribution in [0.2, 0.25) is 0 Å². The van der Waals surface area contributed by atoms with Gasteiger partial charge in [0.15, 0.2) is 0 Å². The molecule has 0 atom stereocenters. The largest absolute Gasteiger partial charge is 0.476 e. The van der Waals surface area contributed by atoms with E-state index < -0.39 is 10.0 Å². The lowest BCUT2D eigenvalue weighted by Gasteiger charge is -2.28. The maximum Gasteiger partial charge on any atom is 0.250 e. The van der Waals surface area contributed by atoms with Gasteiger partial charge in [0.05, 0.1) is 0 Å². The van der Waals surface area contributed by atoms with Crippen molar-refractivity contribution in [2.45, 2.75) is 37.3 Å². The molecule has 3 rings (SSSR count). The van der Waals surface area contributed by atoms with E-state index in [2.05, 4.69) is 19.6 Å². The highest BCUT2D eigenvalue weighted by molar-refractivity contribution is 7.91.